The van der Waals surface area contributed by atoms with Gasteiger partial charge in [-0.25, -0.2) is 4.39 Å². The number of benzene rings is 3. The summed E-state index contributed by atoms with van der Waals surface area (Å²) in [6, 6.07) is 25.2. The molecular weight excluding hydrogens is 401 g/mol. The third-order valence-corrected chi connectivity index (χ3v) is 5.30. The van der Waals surface area contributed by atoms with Gasteiger partial charge in [0, 0.05) is 21.8 Å². The number of halogens is 2. The van der Waals surface area contributed by atoms with Crippen molar-refractivity contribution in [3.63, 3.8) is 0 Å². The summed E-state index contributed by atoms with van der Waals surface area (Å²) in [5, 5.41) is 0. The first-order chi connectivity index (χ1) is 13.1. The summed E-state index contributed by atoms with van der Waals surface area (Å²) in [6.45, 7) is 2.03. The SMILES string of the molecule is Cc1cc(-c2ccc(-c3ccccc3Br)cc2)ncc1-c1cccc(F)c1. The second-order valence-corrected chi connectivity index (χ2v) is 7.31. The lowest BCUT2D eigenvalue weighted by Gasteiger charge is -2.10. The minimum atomic E-state index is -0.237. The zero-order valence-corrected chi connectivity index (χ0v) is 16.4. The summed E-state index contributed by atoms with van der Waals surface area (Å²) in [6.07, 6.45) is 1.82. The molecule has 0 aliphatic heterocycles. The molecule has 0 spiro atoms. The molecule has 3 aromatic carbocycles. The van der Waals surface area contributed by atoms with Gasteiger partial charge < -0.3 is 0 Å². The average molecular weight is 418 g/mol. The van der Waals surface area contributed by atoms with Crippen LogP contribution in [0, 0.1) is 12.7 Å². The summed E-state index contributed by atoms with van der Waals surface area (Å²) in [7, 11) is 0. The Morgan fingerprint density at radius 1 is 0.741 bits per heavy atom. The third-order valence-electron chi connectivity index (χ3n) is 4.61. The highest BCUT2D eigenvalue weighted by molar-refractivity contribution is 9.10. The minimum Gasteiger partial charge on any atom is -0.256 e. The van der Waals surface area contributed by atoms with Crippen molar-refractivity contribution < 1.29 is 4.39 Å². The maximum absolute atomic E-state index is 13.5. The van der Waals surface area contributed by atoms with Gasteiger partial charge in [-0.2, -0.15) is 0 Å². The van der Waals surface area contributed by atoms with Gasteiger partial charge in [0.15, 0.2) is 0 Å². The molecule has 0 fully saturated rings. The fourth-order valence-electron chi connectivity index (χ4n) is 3.19. The van der Waals surface area contributed by atoms with Crippen molar-refractivity contribution >= 4 is 15.9 Å². The van der Waals surface area contributed by atoms with Gasteiger partial charge in [-0.15, -0.1) is 0 Å². The molecule has 0 saturated carbocycles. The van der Waals surface area contributed by atoms with Crippen LogP contribution in [0.4, 0.5) is 4.39 Å². The van der Waals surface area contributed by atoms with Crippen molar-refractivity contribution in [1.82, 2.24) is 4.98 Å². The summed E-state index contributed by atoms with van der Waals surface area (Å²) in [4.78, 5) is 4.60. The van der Waals surface area contributed by atoms with Gasteiger partial charge in [-0.1, -0.05) is 70.5 Å². The molecule has 132 valence electrons. The number of nitrogens with zero attached hydrogens (tertiary/aromatic N) is 1. The largest absolute Gasteiger partial charge is 0.256 e. The zero-order valence-electron chi connectivity index (χ0n) is 14.8. The monoisotopic (exact) mass is 417 g/mol. The van der Waals surface area contributed by atoms with Crippen molar-refractivity contribution in [3.8, 4) is 33.5 Å². The molecule has 3 heteroatoms. The van der Waals surface area contributed by atoms with Gasteiger partial charge >= 0.3 is 0 Å². The van der Waals surface area contributed by atoms with E-state index in [0.29, 0.717) is 0 Å². The van der Waals surface area contributed by atoms with E-state index in [4.69, 9.17) is 0 Å². The second kappa shape index (κ2) is 7.45. The van der Waals surface area contributed by atoms with E-state index in [-0.39, 0.29) is 5.82 Å². The van der Waals surface area contributed by atoms with Crippen molar-refractivity contribution in [1.29, 1.82) is 0 Å². The summed E-state index contributed by atoms with van der Waals surface area (Å²) in [5.74, 6) is -0.237. The van der Waals surface area contributed by atoms with E-state index in [0.717, 1.165) is 43.5 Å². The van der Waals surface area contributed by atoms with Crippen molar-refractivity contribution in [3.05, 3.63) is 101 Å². The fourth-order valence-corrected chi connectivity index (χ4v) is 3.70. The molecule has 4 aromatic rings. The van der Waals surface area contributed by atoms with E-state index in [1.54, 1.807) is 6.07 Å². The first-order valence-electron chi connectivity index (χ1n) is 8.70. The van der Waals surface area contributed by atoms with Crippen molar-refractivity contribution in [2.24, 2.45) is 0 Å². The molecule has 1 nitrogen and oxygen atoms in total. The fraction of sp³-hybridized carbons (Fsp3) is 0.0417. The lowest BCUT2D eigenvalue weighted by molar-refractivity contribution is 0.628. The van der Waals surface area contributed by atoms with E-state index in [9.17, 15) is 4.39 Å². The van der Waals surface area contributed by atoms with Crippen molar-refractivity contribution in [2.45, 2.75) is 6.92 Å². The quantitative estimate of drug-likeness (QED) is 0.340. The molecule has 1 aromatic heterocycles. The van der Waals surface area contributed by atoms with E-state index < -0.39 is 0 Å². The number of aryl methyl sites for hydroxylation is 1. The highest BCUT2D eigenvalue weighted by Crippen LogP contribution is 2.31. The molecule has 27 heavy (non-hydrogen) atoms. The summed E-state index contributed by atoms with van der Waals surface area (Å²) >= 11 is 3.60. The Bertz CT molecular complexity index is 1100. The topological polar surface area (TPSA) is 12.9 Å². The lowest BCUT2D eigenvalue weighted by Crippen LogP contribution is -1.90. The van der Waals surface area contributed by atoms with Crippen LogP contribution in [0.25, 0.3) is 33.5 Å². The Kier molecular flexibility index (Phi) is 4.87. The molecule has 0 unspecified atom stereocenters. The predicted molar refractivity (Wildman–Crippen MR) is 113 cm³/mol. The van der Waals surface area contributed by atoms with Crippen LogP contribution in [-0.4, -0.2) is 4.98 Å². The van der Waals surface area contributed by atoms with Gasteiger partial charge in [-0.05, 0) is 53.4 Å². The smallest absolute Gasteiger partial charge is 0.123 e. The number of aromatic nitrogens is 1. The minimum absolute atomic E-state index is 0.237. The third kappa shape index (κ3) is 3.69. The number of pyridine rings is 1. The van der Waals surface area contributed by atoms with Crippen LogP contribution in [0.3, 0.4) is 0 Å². The van der Waals surface area contributed by atoms with E-state index in [1.807, 2.05) is 43.5 Å². The number of hydrogen-bond acceptors (Lipinski definition) is 1. The maximum atomic E-state index is 13.5. The molecule has 4 rings (SSSR count). The van der Waals surface area contributed by atoms with Crippen LogP contribution in [0.15, 0.2) is 89.5 Å². The van der Waals surface area contributed by atoms with Crippen LogP contribution < -0.4 is 0 Å². The van der Waals surface area contributed by atoms with E-state index in [1.165, 1.54) is 12.1 Å². The highest BCUT2D eigenvalue weighted by Gasteiger charge is 2.08. The first-order valence-corrected chi connectivity index (χ1v) is 9.49. The Labute approximate surface area is 166 Å². The molecule has 0 aliphatic carbocycles. The van der Waals surface area contributed by atoms with Gasteiger partial charge in [0.2, 0.25) is 0 Å². The number of rotatable bonds is 3. The molecule has 0 aliphatic rings. The van der Waals surface area contributed by atoms with Gasteiger partial charge in [0.05, 0.1) is 5.69 Å². The van der Waals surface area contributed by atoms with Gasteiger partial charge in [-0.3, -0.25) is 4.98 Å². The number of hydrogen-bond donors (Lipinski definition) is 0. The molecule has 0 amide bonds. The Morgan fingerprint density at radius 3 is 2.19 bits per heavy atom. The molecular formula is C24H17BrFN. The van der Waals surface area contributed by atoms with Gasteiger partial charge in [0.1, 0.15) is 5.82 Å². The predicted octanol–water partition coefficient (Wildman–Crippen LogP) is 7.29. The first kappa shape index (κ1) is 17.6. The van der Waals surface area contributed by atoms with Gasteiger partial charge in [0.25, 0.3) is 0 Å². The average Bonchev–Trinajstić information content (AvgIpc) is 2.68. The molecule has 0 saturated heterocycles. The molecule has 1 heterocycles. The Morgan fingerprint density at radius 2 is 1.48 bits per heavy atom. The second-order valence-electron chi connectivity index (χ2n) is 6.45. The molecule has 0 radical (unpaired) electrons. The Balaban J connectivity index is 1.66. The normalized spacial score (nSPS) is 10.8. The van der Waals surface area contributed by atoms with E-state index in [2.05, 4.69) is 51.2 Å². The molecule has 0 N–H and O–H groups in total. The standard InChI is InChI=1S/C24H17BrFN/c1-16-13-24(27-15-22(16)19-5-4-6-20(26)14-19)18-11-9-17(10-12-18)21-7-2-3-8-23(21)25/h2-15H,1H3. The van der Waals surface area contributed by atoms with Crippen LogP contribution in [0.1, 0.15) is 5.56 Å². The van der Waals surface area contributed by atoms with Crippen LogP contribution in [0.5, 0.6) is 0 Å². The lowest BCUT2D eigenvalue weighted by atomic mass is 9.99. The highest BCUT2D eigenvalue weighted by atomic mass is 79.9. The van der Waals surface area contributed by atoms with Crippen LogP contribution in [-0.2, 0) is 0 Å². The zero-order chi connectivity index (χ0) is 18.8. The summed E-state index contributed by atoms with van der Waals surface area (Å²) in [5.41, 5.74) is 7.14. The van der Waals surface area contributed by atoms with E-state index >= 15 is 0 Å². The molecule has 0 bridgehead atoms. The van der Waals surface area contributed by atoms with Crippen molar-refractivity contribution in [2.75, 3.05) is 0 Å². The summed E-state index contributed by atoms with van der Waals surface area (Å²) < 4.78 is 14.6. The van der Waals surface area contributed by atoms with Crippen LogP contribution in [0.2, 0.25) is 0 Å². The van der Waals surface area contributed by atoms with Crippen LogP contribution >= 0.6 is 15.9 Å². The molecule has 0 atom stereocenters. The Hall–Kier alpha value is -2.78. The maximum Gasteiger partial charge on any atom is 0.123 e.